The molecule has 4 aromatic rings. The van der Waals surface area contributed by atoms with Gasteiger partial charge in [-0.3, -0.25) is 4.79 Å². The second-order valence-corrected chi connectivity index (χ2v) is 12.9. The molecule has 0 aromatic heterocycles. The van der Waals surface area contributed by atoms with E-state index in [1.165, 1.54) is 23.6 Å². The van der Waals surface area contributed by atoms with Crippen LogP contribution in [-0.4, -0.2) is 5.97 Å². The van der Waals surface area contributed by atoms with E-state index in [1.54, 1.807) is 0 Å². The minimum Gasteiger partial charge on any atom is -0.489 e. The van der Waals surface area contributed by atoms with E-state index in [1.807, 2.05) is 31.2 Å². The third kappa shape index (κ3) is 9.61. The fourth-order valence-electron chi connectivity index (χ4n) is 5.85. The fraction of sp³-hybridized carbons (Fsp3) is 0.341. The zero-order valence-corrected chi connectivity index (χ0v) is 27.1. The van der Waals surface area contributed by atoms with Gasteiger partial charge in [0, 0.05) is 12.5 Å². The van der Waals surface area contributed by atoms with Gasteiger partial charge >= 0.3 is 5.97 Å². The van der Waals surface area contributed by atoms with Gasteiger partial charge in [0.1, 0.15) is 19.0 Å². The molecule has 0 aliphatic carbocycles. The molecule has 0 saturated heterocycles. The Hall–Kier alpha value is -4.29. The van der Waals surface area contributed by atoms with E-state index in [-0.39, 0.29) is 18.0 Å². The van der Waals surface area contributed by atoms with Crippen molar-refractivity contribution in [3.63, 3.8) is 0 Å². The van der Waals surface area contributed by atoms with Gasteiger partial charge in [-0.25, -0.2) is 0 Å². The van der Waals surface area contributed by atoms with Crippen LogP contribution in [0.2, 0.25) is 0 Å². The minimum atomic E-state index is -0.281. The van der Waals surface area contributed by atoms with Crippen LogP contribution in [0.15, 0.2) is 103 Å². The number of carbonyl (C=O) groups is 1. The van der Waals surface area contributed by atoms with Gasteiger partial charge in [0.05, 0.1) is 0 Å². The second-order valence-electron chi connectivity index (χ2n) is 12.9. The quantitative estimate of drug-likeness (QED) is 0.122. The Morgan fingerprint density at radius 1 is 0.727 bits per heavy atom. The van der Waals surface area contributed by atoms with Crippen LogP contribution in [0.3, 0.4) is 0 Å². The molecule has 4 aromatic carbocycles. The zero-order chi connectivity index (χ0) is 31.5. The third-order valence-corrected chi connectivity index (χ3v) is 8.38. The smallest absolute Gasteiger partial charge is 0.302 e. The summed E-state index contributed by atoms with van der Waals surface area (Å²) in [6.45, 7) is 13.5. The number of hydrogen-bond donors (Lipinski definition) is 0. The number of carbonyl (C=O) groups excluding carboxylic acids is 1. The maximum Gasteiger partial charge on any atom is 0.302 e. The van der Waals surface area contributed by atoms with Crippen molar-refractivity contribution in [3.05, 3.63) is 137 Å². The molecule has 0 amide bonds. The van der Waals surface area contributed by atoms with E-state index < -0.39 is 0 Å². The van der Waals surface area contributed by atoms with E-state index in [0.717, 1.165) is 35.3 Å². The first-order valence-corrected chi connectivity index (χ1v) is 15.6. The van der Waals surface area contributed by atoms with E-state index in [4.69, 9.17) is 9.47 Å². The summed E-state index contributed by atoms with van der Waals surface area (Å²) in [4.78, 5) is 11.1. The van der Waals surface area contributed by atoms with Crippen molar-refractivity contribution < 1.29 is 14.3 Å². The van der Waals surface area contributed by atoms with Crippen molar-refractivity contribution in [1.29, 1.82) is 0 Å². The van der Waals surface area contributed by atoms with Gasteiger partial charge in [-0.1, -0.05) is 112 Å². The van der Waals surface area contributed by atoms with Crippen LogP contribution in [0.25, 0.3) is 0 Å². The molecule has 0 heterocycles. The molecule has 228 valence electrons. The highest BCUT2D eigenvalue weighted by atomic mass is 16.5. The maximum absolute atomic E-state index is 11.1. The molecular formula is C41H46O3. The molecule has 0 N–H and O–H groups in total. The van der Waals surface area contributed by atoms with E-state index in [0.29, 0.717) is 24.4 Å². The molecule has 0 spiro atoms. The summed E-state index contributed by atoms with van der Waals surface area (Å²) >= 11 is 0. The minimum absolute atomic E-state index is 0.0998. The summed E-state index contributed by atoms with van der Waals surface area (Å²) in [5.74, 6) is 7.91. The average molecular weight is 587 g/mol. The number of hydrogen-bond acceptors (Lipinski definition) is 3. The Morgan fingerprint density at radius 2 is 1.32 bits per heavy atom. The van der Waals surface area contributed by atoms with Gasteiger partial charge < -0.3 is 9.47 Å². The Bertz CT molecular complexity index is 1520. The highest BCUT2D eigenvalue weighted by molar-refractivity contribution is 5.65. The van der Waals surface area contributed by atoms with Crippen molar-refractivity contribution >= 4 is 5.97 Å². The molecule has 3 atom stereocenters. The fourth-order valence-corrected chi connectivity index (χ4v) is 5.85. The van der Waals surface area contributed by atoms with Crippen molar-refractivity contribution in [3.8, 4) is 17.6 Å². The summed E-state index contributed by atoms with van der Waals surface area (Å²) < 4.78 is 11.1. The van der Waals surface area contributed by atoms with E-state index in [2.05, 4.69) is 118 Å². The Balaban J connectivity index is 1.47. The van der Waals surface area contributed by atoms with Gasteiger partial charge in [0.2, 0.25) is 0 Å². The highest BCUT2D eigenvalue weighted by Gasteiger charge is 2.30. The molecular weight excluding hydrogens is 540 g/mol. The summed E-state index contributed by atoms with van der Waals surface area (Å²) in [5, 5.41) is 0. The lowest BCUT2D eigenvalue weighted by Gasteiger charge is -2.35. The van der Waals surface area contributed by atoms with Crippen LogP contribution < -0.4 is 4.74 Å². The maximum atomic E-state index is 11.1. The second kappa shape index (κ2) is 15.4. The van der Waals surface area contributed by atoms with Crippen molar-refractivity contribution in [1.82, 2.24) is 0 Å². The molecule has 4 rings (SSSR count). The molecule has 0 aliphatic heterocycles. The topological polar surface area (TPSA) is 35.5 Å². The number of rotatable bonds is 12. The predicted molar refractivity (Wildman–Crippen MR) is 181 cm³/mol. The number of esters is 1. The monoisotopic (exact) mass is 586 g/mol. The van der Waals surface area contributed by atoms with E-state index >= 15 is 0 Å². The molecule has 0 saturated carbocycles. The Kier molecular flexibility index (Phi) is 11.4. The van der Waals surface area contributed by atoms with Gasteiger partial charge in [-0.15, -0.1) is 5.92 Å². The Labute approximate surface area is 264 Å². The van der Waals surface area contributed by atoms with Crippen molar-refractivity contribution in [2.24, 2.45) is 5.41 Å². The van der Waals surface area contributed by atoms with Crippen molar-refractivity contribution in [2.45, 2.75) is 85.4 Å². The van der Waals surface area contributed by atoms with Gasteiger partial charge in [0.15, 0.2) is 0 Å². The lowest BCUT2D eigenvalue weighted by molar-refractivity contribution is -0.142. The largest absolute Gasteiger partial charge is 0.489 e. The molecule has 0 aliphatic rings. The van der Waals surface area contributed by atoms with Gasteiger partial charge in [-0.2, -0.15) is 0 Å². The lowest BCUT2D eigenvalue weighted by Crippen LogP contribution is -2.22. The summed E-state index contributed by atoms with van der Waals surface area (Å²) in [6, 6.07) is 36.5. The third-order valence-electron chi connectivity index (χ3n) is 8.38. The average Bonchev–Trinajstić information content (AvgIpc) is 3.02. The molecule has 3 heteroatoms. The van der Waals surface area contributed by atoms with Crippen LogP contribution >= 0.6 is 0 Å². The number of ether oxygens (including phenoxy) is 2. The predicted octanol–water partition coefficient (Wildman–Crippen LogP) is 10.2. The first-order valence-electron chi connectivity index (χ1n) is 15.6. The first-order chi connectivity index (χ1) is 21.1. The van der Waals surface area contributed by atoms with Crippen LogP contribution in [0.5, 0.6) is 5.75 Å². The molecule has 3 nitrogen and oxygen atoms in total. The highest BCUT2D eigenvalue weighted by Crippen LogP contribution is 2.45. The summed E-state index contributed by atoms with van der Waals surface area (Å²) in [6.07, 6.45) is 2.16. The Morgan fingerprint density at radius 3 is 1.91 bits per heavy atom. The zero-order valence-electron chi connectivity index (χ0n) is 27.1. The lowest BCUT2D eigenvalue weighted by atomic mass is 9.69. The molecule has 3 unspecified atom stereocenters. The van der Waals surface area contributed by atoms with Crippen LogP contribution in [-0.2, 0) is 22.7 Å². The standard InChI is InChI=1S/C41H46O3/c1-7-11-32-14-20-35(21-15-32)30(2)26-38(36-12-9-8-10-13-36)27-40(41(4,5)6)37-22-16-33(17-23-37)29-44-39-24-18-34(19-25-39)28-43-31(3)42/h8-10,12-25,30,38,40H,26-29H2,1-6H3. The summed E-state index contributed by atoms with van der Waals surface area (Å²) in [5.41, 5.74) is 7.38. The molecule has 44 heavy (non-hydrogen) atoms. The van der Waals surface area contributed by atoms with Crippen molar-refractivity contribution in [2.75, 3.05) is 0 Å². The normalized spacial score (nSPS) is 13.2. The summed E-state index contributed by atoms with van der Waals surface area (Å²) in [7, 11) is 0. The van der Waals surface area contributed by atoms with Crippen LogP contribution in [0, 0.1) is 17.3 Å². The van der Waals surface area contributed by atoms with Crippen LogP contribution in [0.1, 0.15) is 106 Å². The van der Waals surface area contributed by atoms with E-state index in [9.17, 15) is 4.79 Å². The SMILES string of the molecule is CC#Cc1ccc(C(C)CC(CC(c2ccc(COc3ccc(COC(C)=O)cc3)cc2)C(C)(C)C)c2ccccc2)cc1. The molecule has 0 radical (unpaired) electrons. The van der Waals surface area contributed by atoms with Gasteiger partial charge in [-0.05, 0) is 95.0 Å². The molecule has 0 fully saturated rings. The first kappa shape index (κ1) is 32.6. The molecule has 0 bridgehead atoms. The number of benzene rings is 4. The van der Waals surface area contributed by atoms with Gasteiger partial charge in [0.25, 0.3) is 0 Å². The van der Waals surface area contributed by atoms with Crippen LogP contribution in [0.4, 0.5) is 0 Å².